The number of benzene rings is 1. The van der Waals surface area contributed by atoms with E-state index in [0.29, 0.717) is 12.4 Å². The molecule has 2 rings (SSSR count). The standard InChI is InChI=1S/C13H17N3O3S4/c1-2-8-20-12-15-16-13(22-12)21-9-7-19-10-3-5-11(6-4-10)23(14,17)18/h3-6H,2,7-9H2,1H3,(H2,14,17,18). The molecule has 0 saturated carbocycles. The second kappa shape index (κ2) is 8.88. The average molecular weight is 392 g/mol. The molecule has 10 heteroatoms. The van der Waals surface area contributed by atoms with Gasteiger partial charge in [-0.05, 0) is 30.7 Å². The maximum Gasteiger partial charge on any atom is 0.238 e. The monoisotopic (exact) mass is 391 g/mol. The molecule has 23 heavy (non-hydrogen) atoms. The molecular formula is C13H17N3O3S4. The van der Waals surface area contributed by atoms with Crippen molar-refractivity contribution in [1.29, 1.82) is 0 Å². The molecule has 0 aliphatic carbocycles. The lowest BCUT2D eigenvalue weighted by atomic mass is 10.3. The van der Waals surface area contributed by atoms with Gasteiger partial charge < -0.3 is 4.74 Å². The van der Waals surface area contributed by atoms with E-state index in [1.54, 1.807) is 47.0 Å². The maximum atomic E-state index is 11.1. The maximum absolute atomic E-state index is 11.1. The van der Waals surface area contributed by atoms with E-state index in [4.69, 9.17) is 9.88 Å². The first-order chi connectivity index (χ1) is 11.0. The quantitative estimate of drug-likeness (QED) is 0.519. The van der Waals surface area contributed by atoms with Crippen LogP contribution in [0.25, 0.3) is 0 Å². The summed E-state index contributed by atoms with van der Waals surface area (Å²) in [5, 5.41) is 13.3. The van der Waals surface area contributed by atoms with Crippen LogP contribution in [0, 0.1) is 0 Å². The summed E-state index contributed by atoms with van der Waals surface area (Å²) in [6.45, 7) is 2.63. The second-order valence-corrected chi connectivity index (χ2v) is 9.62. The fraction of sp³-hybridized carbons (Fsp3) is 0.385. The van der Waals surface area contributed by atoms with Crippen LogP contribution in [0.3, 0.4) is 0 Å². The number of nitrogens with two attached hydrogens (primary N) is 1. The summed E-state index contributed by atoms with van der Waals surface area (Å²) >= 11 is 4.91. The average Bonchev–Trinajstić information content (AvgIpc) is 2.97. The minimum Gasteiger partial charge on any atom is -0.493 e. The van der Waals surface area contributed by atoms with Gasteiger partial charge in [-0.3, -0.25) is 0 Å². The van der Waals surface area contributed by atoms with Gasteiger partial charge in [-0.15, -0.1) is 10.2 Å². The molecule has 2 aromatic rings. The fourth-order valence-electron chi connectivity index (χ4n) is 1.52. The molecule has 1 aromatic carbocycles. The molecule has 0 spiro atoms. The Morgan fingerprint density at radius 3 is 2.30 bits per heavy atom. The lowest BCUT2D eigenvalue weighted by molar-refractivity contribution is 0.343. The van der Waals surface area contributed by atoms with Gasteiger partial charge in [0.25, 0.3) is 0 Å². The number of primary sulfonamides is 1. The lowest BCUT2D eigenvalue weighted by Gasteiger charge is -2.05. The normalized spacial score (nSPS) is 11.6. The van der Waals surface area contributed by atoms with Crippen LogP contribution in [0.15, 0.2) is 37.8 Å². The summed E-state index contributed by atoms with van der Waals surface area (Å²) < 4.78 is 29.8. The predicted molar refractivity (Wildman–Crippen MR) is 95.0 cm³/mol. The van der Waals surface area contributed by atoms with E-state index in [2.05, 4.69) is 17.1 Å². The van der Waals surface area contributed by atoms with Gasteiger partial charge in [-0.25, -0.2) is 13.6 Å². The minimum absolute atomic E-state index is 0.0743. The Morgan fingerprint density at radius 2 is 1.74 bits per heavy atom. The van der Waals surface area contributed by atoms with Crippen molar-refractivity contribution < 1.29 is 13.2 Å². The van der Waals surface area contributed by atoms with Gasteiger partial charge in [-0.2, -0.15) is 0 Å². The van der Waals surface area contributed by atoms with Gasteiger partial charge in [0.1, 0.15) is 5.75 Å². The van der Waals surface area contributed by atoms with E-state index in [9.17, 15) is 8.42 Å². The van der Waals surface area contributed by atoms with Crippen LogP contribution in [0.2, 0.25) is 0 Å². The molecule has 1 heterocycles. The van der Waals surface area contributed by atoms with Crippen molar-refractivity contribution >= 4 is 44.9 Å². The molecule has 0 unspecified atom stereocenters. The largest absolute Gasteiger partial charge is 0.493 e. The third-order valence-corrected chi connectivity index (χ3v) is 6.84. The first-order valence-corrected chi connectivity index (χ1v) is 11.2. The van der Waals surface area contributed by atoms with Gasteiger partial charge in [0.05, 0.1) is 11.5 Å². The highest BCUT2D eigenvalue weighted by Gasteiger charge is 2.07. The first kappa shape index (κ1) is 18.5. The molecule has 0 aliphatic rings. The predicted octanol–water partition coefficient (Wildman–Crippen LogP) is 2.86. The van der Waals surface area contributed by atoms with Crippen molar-refractivity contribution in [3.05, 3.63) is 24.3 Å². The summed E-state index contributed by atoms with van der Waals surface area (Å²) in [6, 6.07) is 6.04. The first-order valence-electron chi connectivity index (χ1n) is 6.84. The minimum atomic E-state index is -3.66. The number of hydrogen-bond acceptors (Lipinski definition) is 8. The molecule has 0 atom stereocenters. The Kier molecular flexibility index (Phi) is 7.15. The third kappa shape index (κ3) is 6.30. The molecule has 126 valence electrons. The topological polar surface area (TPSA) is 95.2 Å². The van der Waals surface area contributed by atoms with Gasteiger partial charge in [-0.1, -0.05) is 41.8 Å². The van der Waals surface area contributed by atoms with E-state index in [1.807, 2.05) is 0 Å². The number of sulfonamides is 1. The third-order valence-electron chi connectivity index (χ3n) is 2.55. The van der Waals surface area contributed by atoms with E-state index < -0.39 is 10.0 Å². The van der Waals surface area contributed by atoms with E-state index in [1.165, 1.54) is 12.1 Å². The number of thioether (sulfide) groups is 2. The van der Waals surface area contributed by atoms with Crippen LogP contribution >= 0.6 is 34.9 Å². The van der Waals surface area contributed by atoms with E-state index in [-0.39, 0.29) is 4.90 Å². The highest BCUT2D eigenvalue weighted by atomic mass is 32.2. The van der Waals surface area contributed by atoms with Crippen LogP contribution in [-0.2, 0) is 10.0 Å². The summed E-state index contributed by atoms with van der Waals surface area (Å²) in [5.41, 5.74) is 0. The van der Waals surface area contributed by atoms with Gasteiger partial charge >= 0.3 is 0 Å². The van der Waals surface area contributed by atoms with Gasteiger partial charge in [0.2, 0.25) is 10.0 Å². The summed E-state index contributed by atoms with van der Waals surface area (Å²) in [7, 11) is -3.66. The van der Waals surface area contributed by atoms with Crippen molar-refractivity contribution in [3.63, 3.8) is 0 Å². The molecule has 0 aliphatic heterocycles. The highest BCUT2D eigenvalue weighted by molar-refractivity contribution is 8.03. The number of rotatable bonds is 9. The summed E-state index contributed by atoms with van der Waals surface area (Å²) in [5.74, 6) is 2.40. The van der Waals surface area contributed by atoms with Crippen molar-refractivity contribution in [3.8, 4) is 5.75 Å². The molecular weight excluding hydrogens is 374 g/mol. The molecule has 0 saturated heterocycles. The van der Waals surface area contributed by atoms with Crippen LogP contribution < -0.4 is 9.88 Å². The molecule has 2 N–H and O–H groups in total. The van der Waals surface area contributed by atoms with Gasteiger partial charge in [0.15, 0.2) is 8.68 Å². The second-order valence-electron chi connectivity index (χ2n) is 4.40. The SMILES string of the molecule is CCCSc1nnc(SCCOc2ccc(S(N)(=O)=O)cc2)s1. The number of nitrogens with zero attached hydrogens (tertiary/aromatic N) is 2. The summed E-state index contributed by atoms with van der Waals surface area (Å²) in [6.07, 6.45) is 1.12. The van der Waals surface area contributed by atoms with E-state index >= 15 is 0 Å². The van der Waals surface area contributed by atoms with Crippen LogP contribution in [0.1, 0.15) is 13.3 Å². The Morgan fingerprint density at radius 1 is 1.13 bits per heavy atom. The zero-order valence-corrected chi connectivity index (χ0v) is 15.7. The smallest absolute Gasteiger partial charge is 0.238 e. The molecule has 0 fully saturated rings. The molecule has 0 bridgehead atoms. The molecule has 0 amide bonds. The Labute approximate surface area is 148 Å². The Hall–Kier alpha value is -0.810. The van der Waals surface area contributed by atoms with Crippen molar-refractivity contribution in [1.82, 2.24) is 10.2 Å². The Bertz CT molecular complexity index is 716. The van der Waals surface area contributed by atoms with Crippen molar-refractivity contribution in [2.45, 2.75) is 26.9 Å². The van der Waals surface area contributed by atoms with Crippen LogP contribution in [0.4, 0.5) is 0 Å². The number of ether oxygens (including phenoxy) is 1. The molecule has 0 radical (unpaired) electrons. The zero-order valence-electron chi connectivity index (χ0n) is 12.5. The van der Waals surface area contributed by atoms with Gasteiger partial charge in [0, 0.05) is 11.5 Å². The van der Waals surface area contributed by atoms with Crippen molar-refractivity contribution in [2.75, 3.05) is 18.1 Å². The van der Waals surface area contributed by atoms with Crippen LogP contribution in [-0.4, -0.2) is 36.7 Å². The Balaban J connectivity index is 1.74. The fourth-order valence-corrected chi connectivity index (χ4v) is 4.87. The molecule has 6 nitrogen and oxygen atoms in total. The number of hydrogen-bond donors (Lipinski definition) is 1. The molecule has 1 aromatic heterocycles. The lowest BCUT2D eigenvalue weighted by Crippen LogP contribution is -2.11. The van der Waals surface area contributed by atoms with Crippen LogP contribution in [0.5, 0.6) is 5.75 Å². The highest BCUT2D eigenvalue weighted by Crippen LogP contribution is 2.29. The van der Waals surface area contributed by atoms with E-state index in [0.717, 1.165) is 26.6 Å². The summed E-state index contributed by atoms with van der Waals surface area (Å²) in [4.78, 5) is 0.0743. The number of aromatic nitrogens is 2. The zero-order chi connectivity index (χ0) is 16.7. The van der Waals surface area contributed by atoms with Crippen molar-refractivity contribution in [2.24, 2.45) is 5.14 Å².